The number of rotatable bonds is 9. The van der Waals surface area contributed by atoms with Crippen molar-refractivity contribution in [1.82, 2.24) is 4.90 Å². The topological polar surface area (TPSA) is 79.2 Å². The zero-order valence-electron chi connectivity index (χ0n) is 18.8. The molecule has 0 amide bonds. The summed E-state index contributed by atoms with van der Waals surface area (Å²) in [6, 6.07) is 18.1. The van der Waals surface area contributed by atoms with Gasteiger partial charge in [0.1, 0.15) is 34.5 Å². The molecule has 2 heterocycles. The minimum atomic E-state index is -0.262. The van der Waals surface area contributed by atoms with Crippen LogP contribution < -0.4 is 9.47 Å². The second-order valence-electron chi connectivity index (χ2n) is 8.52. The maximum absolute atomic E-state index is 13.3. The molecule has 3 aromatic carbocycles. The van der Waals surface area contributed by atoms with Gasteiger partial charge in [0.25, 0.3) is 0 Å². The molecule has 180 valence electrons. The molecule has 4 aromatic rings. The quantitative estimate of drug-likeness (QED) is 0.295. The maximum atomic E-state index is 13.3. The molecule has 0 radical (unpaired) electrons. The first-order valence-electron chi connectivity index (χ1n) is 11.3. The van der Waals surface area contributed by atoms with Crippen LogP contribution >= 0.6 is 11.3 Å². The van der Waals surface area contributed by atoms with Gasteiger partial charge < -0.3 is 19.7 Å². The fraction of sp³-hybridized carbons (Fsp3) is 0.222. The zero-order chi connectivity index (χ0) is 24.4. The molecule has 1 fully saturated rings. The van der Waals surface area contributed by atoms with Crippen molar-refractivity contribution in [1.29, 1.82) is 0 Å². The summed E-state index contributed by atoms with van der Waals surface area (Å²) in [6.07, 6.45) is 0. The Hall–Kier alpha value is -3.62. The number of benzene rings is 3. The number of phenols is 2. The van der Waals surface area contributed by atoms with Crippen LogP contribution in [0.15, 0.2) is 66.7 Å². The van der Waals surface area contributed by atoms with Gasteiger partial charge in [-0.05, 0) is 66.7 Å². The third kappa shape index (κ3) is 5.08. The average molecular weight is 494 g/mol. The van der Waals surface area contributed by atoms with E-state index in [-0.39, 0.29) is 29.9 Å². The first-order chi connectivity index (χ1) is 17.0. The van der Waals surface area contributed by atoms with E-state index >= 15 is 0 Å². The van der Waals surface area contributed by atoms with Gasteiger partial charge >= 0.3 is 0 Å². The second-order valence-corrected chi connectivity index (χ2v) is 9.57. The molecule has 0 unspecified atom stereocenters. The van der Waals surface area contributed by atoms with E-state index in [1.807, 2.05) is 0 Å². The Balaban J connectivity index is 1.33. The van der Waals surface area contributed by atoms with Crippen molar-refractivity contribution < 1.29 is 28.9 Å². The van der Waals surface area contributed by atoms with Gasteiger partial charge in [-0.15, -0.1) is 11.3 Å². The maximum Gasteiger partial charge on any atom is 0.206 e. The lowest BCUT2D eigenvalue weighted by Gasteiger charge is -2.37. The van der Waals surface area contributed by atoms with Crippen LogP contribution in [0, 0.1) is 5.92 Å². The van der Waals surface area contributed by atoms with Crippen LogP contribution in [0.3, 0.4) is 0 Å². The number of ketones is 1. The van der Waals surface area contributed by atoms with Gasteiger partial charge in [0.15, 0.2) is 5.75 Å². The Morgan fingerprint density at radius 2 is 1.66 bits per heavy atom. The molecule has 35 heavy (non-hydrogen) atoms. The van der Waals surface area contributed by atoms with E-state index in [0.717, 1.165) is 29.7 Å². The molecule has 1 aromatic heterocycles. The van der Waals surface area contributed by atoms with E-state index in [1.54, 1.807) is 54.6 Å². The highest BCUT2D eigenvalue weighted by Crippen LogP contribution is 2.43. The lowest BCUT2D eigenvalue weighted by atomic mass is 10.0. The van der Waals surface area contributed by atoms with Gasteiger partial charge in [-0.3, -0.25) is 14.1 Å². The van der Waals surface area contributed by atoms with Crippen LogP contribution in [0.5, 0.6) is 28.7 Å². The number of nitrogens with zero attached hydrogens (tertiary/aromatic N) is 1. The lowest BCUT2D eigenvalue weighted by Crippen LogP contribution is -2.49. The number of hydrogen-bond acceptors (Lipinski definition) is 7. The van der Waals surface area contributed by atoms with Crippen LogP contribution in [0.2, 0.25) is 0 Å². The fourth-order valence-corrected chi connectivity index (χ4v) is 5.15. The molecule has 2 N–H and O–H groups in total. The molecule has 0 bridgehead atoms. The fourth-order valence-electron chi connectivity index (χ4n) is 4.03. The Morgan fingerprint density at radius 1 is 0.971 bits per heavy atom. The summed E-state index contributed by atoms with van der Waals surface area (Å²) in [5.74, 6) is 1.76. The Labute approximate surface area is 205 Å². The Bertz CT molecular complexity index is 1330. The highest BCUT2D eigenvalue weighted by molar-refractivity contribution is 7.21. The first kappa shape index (κ1) is 23.1. The number of likely N-dealkylation sites (tertiary alicyclic amines) is 1. The average Bonchev–Trinajstić information content (AvgIpc) is 3.18. The largest absolute Gasteiger partial charge is 0.508 e. The molecular weight excluding hydrogens is 469 g/mol. The molecule has 8 heteroatoms. The summed E-state index contributed by atoms with van der Waals surface area (Å²) < 4.78 is 25.2. The SMILES string of the molecule is O=C(c1ccc(O)cc1)c1sc2cc(O)ccc2c1Oc1ccc(OCCN2CC(CF)C2)cc1. The summed E-state index contributed by atoms with van der Waals surface area (Å²) in [6.45, 7) is 2.57. The number of carbonyl (C=O) groups is 1. The molecule has 5 rings (SSSR count). The zero-order valence-corrected chi connectivity index (χ0v) is 19.6. The lowest BCUT2D eigenvalue weighted by molar-refractivity contribution is 0.0668. The highest BCUT2D eigenvalue weighted by Gasteiger charge is 2.26. The predicted octanol–water partition coefficient (Wildman–Crippen LogP) is 5.62. The highest BCUT2D eigenvalue weighted by atomic mass is 32.1. The van der Waals surface area contributed by atoms with Crippen LogP contribution in [-0.4, -0.2) is 53.8 Å². The van der Waals surface area contributed by atoms with Crippen molar-refractivity contribution in [2.24, 2.45) is 5.92 Å². The molecule has 0 saturated carbocycles. The molecule has 1 aliphatic rings. The van der Waals surface area contributed by atoms with Crippen molar-refractivity contribution >= 4 is 27.2 Å². The van der Waals surface area contributed by atoms with E-state index in [9.17, 15) is 19.4 Å². The van der Waals surface area contributed by atoms with Crippen molar-refractivity contribution in [3.63, 3.8) is 0 Å². The second kappa shape index (κ2) is 9.93. The minimum Gasteiger partial charge on any atom is -0.508 e. The van der Waals surface area contributed by atoms with Gasteiger partial charge in [0.2, 0.25) is 5.78 Å². The molecule has 0 spiro atoms. The van der Waals surface area contributed by atoms with E-state index in [1.165, 1.54) is 23.5 Å². The number of phenolic OH excluding ortho intramolecular Hbond substituents is 2. The van der Waals surface area contributed by atoms with Crippen LogP contribution in [0.4, 0.5) is 4.39 Å². The van der Waals surface area contributed by atoms with Crippen molar-refractivity contribution in [3.05, 3.63) is 77.2 Å². The number of thiophene rings is 1. The van der Waals surface area contributed by atoms with Crippen molar-refractivity contribution in [2.45, 2.75) is 0 Å². The Morgan fingerprint density at radius 3 is 2.37 bits per heavy atom. The third-order valence-electron chi connectivity index (χ3n) is 5.93. The number of carbonyl (C=O) groups excluding carboxylic acids is 1. The summed E-state index contributed by atoms with van der Waals surface area (Å²) in [5, 5.41) is 20.2. The van der Waals surface area contributed by atoms with E-state index in [0.29, 0.717) is 34.3 Å². The van der Waals surface area contributed by atoms with Gasteiger partial charge in [-0.2, -0.15) is 0 Å². The third-order valence-corrected chi connectivity index (χ3v) is 7.07. The standard InChI is InChI=1S/C27H24FNO5S/c28-14-17-15-29(16-17)11-12-33-21-6-8-22(9-7-21)34-26-23-10-5-20(31)13-24(23)35-27(26)25(32)18-1-3-19(30)4-2-18/h1-10,13,17,30-31H,11-12,14-16H2. The van der Waals surface area contributed by atoms with Crippen molar-refractivity contribution in [3.8, 4) is 28.7 Å². The number of aromatic hydroxyl groups is 2. The number of ether oxygens (including phenoxy) is 2. The molecule has 0 aliphatic carbocycles. The monoisotopic (exact) mass is 493 g/mol. The van der Waals surface area contributed by atoms with Gasteiger partial charge in [-0.1, -0.05) is 0 Å². The van der Waals surface area contributed by atoms with Crippen molar-refractivity contribution in [2.75, 3.05) is 32.9 Å². The van der Waals surface area contributed by atoms with Crippen LogP contribution in [0.1, 0.15) is 15.2 Å². The Kier molecular flexibility index (Phi) is 6.57. The van der Waals surface area contributed by atoms with E-state index in [2.05, 4.69) is 4.90 Å². The summed E-state index contributed by atoms with van der Waals surface area (Å²) in [5.41, 5.74) is 0.423. The summed E-state index contributed by atoms with van der Waals surface area (Å²) >= 11 is 1.24. The summed E-state index contributed by atoms with van der Waals surface area (Å²) in [4.78, 5) is 15.8. The van der Waals surface area contributed by atoms with Gasteiger partial charge in [0, 0.05) is 41.2 Å². The van der Waals surface area contributed by atoms with Crippen LogP contribution in [0.25, 0.3) is 10.1 Å². The molecule has 6 nitrogen and oxygen atoms in total. The number of hydrogen-bond donors (Lipinski definition) is 2. The van der Waals surface area contributed by atoms with Crippen LogP contribution in [-0.2, 0) is 0 Å². The number of alkyl halides is 1. The van der Waals surface area contributed by atoms with Gasteiger partial charge in [-0.25, -0.2) is 0 Å². The number of halogens is 1. The summed E-state index contributed by atoms with van der Waals surface area (Å²) in [7, 11) is 0. The first-order valence-corrected chi connectivity index (χ1v) is 12.1. The normalized spacial score (nSPS) is 14.1. The minimum absolute atomic E-state index is 0.0791. The smallest absolute Gasteiger partial charge is 0.206 e. The number of fused-ring (bicyclic) bond motifs is 1. The molecule has 1 aliphatic heterocycles. The molecular formula is C27H24FNO5S. The molecule has 0 atom stereocenters. The van der Waals surface area contributed by atoms with Gasteiger partial charge in [0.05, 0.1) is 6.67 Å². The molecule has 1 saturated heterocycles. The van der Waals surface area contributed by atoms with E-state index in [4.69, 9.17) is 9.47 Å². The van der Waals surface area contributed by atoms with E-state index < -0.39 is 0 Å². The predicted molar refractivity (Wildman–Crippen MR) is 133 cm³/mol.